The molecule has 0 atom stereocenters. The van der Waals surface area contributed by atoms with Crippen LogP contribution < -0.4 is 11.5 Å². The molecule has 0 aliphatic rings. The van der Waals surface area contributed by atoms with Crippen molar-refractivity contribution in [2.24, 2.45) is 16.0 Å². The third-order valence-corrected chi connectivity index (χ3v) is 4.21. The average molecular weight is 615 g/mol. The number of amidine groups is 1. The van der Waals surface area contributed by atoms with E-state index in [2.05, 4.69) is 24.4 Å². The molecule has 17 heteroatoms. The van der Waals surface area contributed by atoms with Crippen LogP contribution in [-0.4, -0.2) is 67.1 Å². The van der Waals surface area contributed by atoms with Crippen molar-refractivity contribution in [3.05, 3.63) is 5.82 Å². The van der Waals surface area contributed by atoms with E-state index in [1.165, 1.54) is 41.5 Å². The topological polar surface area (TPSA) is 243 Å². The number of carboxylic acid groups (broad SMARTS) is 1. The van der Waals surface area contributed by atoms with Gasteiger partial charge in [-0.05, 0) is 46.7 Å². The lowest BCUT2D eigenvalue weighted by atomic mass is 10.1. The standard InChI is InChI=1S/C9H12N4O4S.C8H13N3O4.HI/c1-4(14)9(2,3)17-12-5(7(15)16)6-11-8(10)18-13-6;1-5(13)8(2,3)15-11-7(6(9)10)14-4-12;/h1-3H3,(H,15,16)(H2,10,11,13);4H,1-3H3,(H3,9,10);1H/b12-5-;11-7-;. The molecule has 15 nitrogen and oxygen atoms in total. The molecule has 0 spiro atoms. The van der Waals surface area contributed by atoms with Crippen LogP contribution in [0.25, 0.3) is 0 Å². The van der Waals surface area contributed by atoms with Crippen molar-refractivity contribution < 1.29 is 38.7 Å². The number of nitrogens with two attached hydrogens (primary N) is 2. The van der Waals surface area contributed by atoms with Gasteiger partial charge in [0.1, 0.15) is 0 Å². The number of aliphatic carboxylic acids is 1. The molecule has 190 valence electrons. The quantitative estimate of drug-likeness (QED) is 0.0987. The summed E-state index contributed by atoms with van der Waals surface area (Å²) in [4.78, 5) is 56.6. The number of halogens is 1. The number of carbonyl (C=O) groups is 4. The Balaban J connectivity index is 0. The molecule has 6 N–H and O–H groups in total. The number of ether oxygens (including phenoxy) is 1. The lowest BCUT2D eigenvalue weighted by Gasteiger charge is -2.18. The van der Waals surface area contributed by atoms with Gasteiger partial charge in [-0.25, -0.2) is 4.79 Å². The maximum atomic E-state index is 11.2. The molecular weight excluding hydrogens is 589 g/mol. The summed E-state index contributed by atoms with van der Waals surface area (Å²) in [5.74, 6) is -3.13. The van der Waals surface area contributed by atoms with Crippen LogP contribution in [0.4, 0.5) is 5.13 Å². The molecule has 0 aliphatic carbocycles. The summed E-state index contributed by atoms with van der Waals surface area (Å²) in [5, 5.41) is 22.8. The van der Waals surface area contributed by atoms with Gasteiger partial charge >= 0.3 is 5.97 Å². The number of nitrogen functional groups attached to an aromatic ring is 1. The highest BCUT2D eigenvalue weighted by molar-refractivity contribution is 14.0. The van der Waals surface area contributed by atoms with E-state index in [0.29, 0.717) is 0 Å². The molecule has 0 aromatic carbocycles. The maximum absolute atomic E-state index is 11.2. The van der Waals surface area contributed by atoms with E-state index >= 15 is 0 Å². The lowest BCUT2D eigenvalue weighted by Crippen LogP contribution is -2.33. The van der Waals surface area contributed by atoms with Gasteiger partial charge in [0.2, 0.25) is 11.5 Å². The highest BCUT2D eigenvalue weighted by Crippen LogP contribution is 2.13. The van der Waals surface area contributed by atoms with Crippen LogP contribution in [0.15, 0.2) is 10.3 Å². The van der Waals surface area contributed by atoms with Crippen LogP contribution in [0, 0.1) is 5.41 Å². The number of carbonyl (C=O) groups excluding carboxylic acids is 3. The van der Waals surface area contributed by atoms with Crippen LogP contribution >= 0.6 is 35.5 Å². The summed E-state index contributed by atoms with van der Waals surface area (Å²) in [5.41, 5.74) is 7.50. The molecular formula is C17H26IN7O8S. The summed E-state index contributed by atoms with van der Waals surface area (Å²) in [7, 11) is 0. The Morgan fingerprint density at radius 2 is 1.56 bits per heavy atom. The molecule has 0 fully saturated rings. The van der Waals surface area contributed by atoms with Gasteiger partial charge in [-0.1, -0.05) is 5.16 Å². The van der Waals surface area contributed by atoms with E-state index in [9.17, 15) is 19.2 Å². The molecule has 0 saturated carbocycles. The number of ketones is 2. The smallest absolute Gasteiger partial charge is 0.362 e. The Morgan fingerprint density at radius 3 is 1.88 bits per heavy atom. The van der Waals surface area contributed by atoms with Crippen LogP contribution in [0.1, 0.15) is 47.4 Å². The van der Waals surface area contributed by atoms with Gasteiger partial charge in [0.25, 0.3) is 12.4 Å². The minimum atomic E-state index is -1.37. The van der Waals surface area contributed by atoms with Gasteiger partial charge < -0.3 is 31.0 Å². The number of anilines is 1. The first-order chi connectivity index (χ1) is 15.0. The highest BCUT2D eigenvalue weighted by Gasteiger charge is 2.28. The second kappa shape index (κ2) is 14.1. The number of carboxylic acids is 1. The monoisotopic (exact) mass is 615 g/mol. The number of nitrogens with zero attached hydrogens (tertiary/aromatic N) is 4. The highest BCUT2D eigenvalue weighted by atomic mass is 127. The number of oxime groups is 2. The van der Waals surface area contributed by atoms with E-state index in [4.69, 9.17) is 31.7 Å². The Hall–Kier alpha value is -3.22. The first kappa shape index (κ1) is 33.0. The molecule has 1 aromatic heterocycles. The van der Waals surface area contributed by atoms with Crippen LogP contribution in [-0.2, 0) is 33.6 Å². The second-order valence-electron chi connectivity index (χ2n) is 7.04. The molecule has 0 bridgehead atoms. The van der Waals surface area contributed by atoms with Gasteiger partial charge in [-0.2, -0.15) is 9.36 Å². The van der Waals surface area contributed by atoms with Crippen LogP contribution in [0.2, 0.25) is 0 Å². The summed E-state index contributed by atoms with van der Waals surface area (Å²) in [6.07, 6.45) is 0. The summed E-state index contributed by atoms with van der Waals surface area (Å²) < 4.78 is 7.97. The van der Waals surface area contributed by atoms with Gasteiger partial charge in [0.15, 0.2) is 33.7 Å². The van der Waals surface area contributed by atoms with Gasteiger partial charge in [0.05, 0.1) is 0 Å². The van der Waals surface area contributed by atoms with E-state index in [1.54, 1.807) is 0 Å². The number of hydrogen-bond acceptors (Lipinski definition) is 14. The fraction of sp³-hybridized carbons (Fsp3) is 0.471. The molecule has 34 heavy (non-hydrogen) atoms. The van der Waals surface area contributed by atoms with Crippen LogP contribution in [0.5, 0.6) is 0 Å². The summed E-state index contributed by atoms with van der Waals surface area (Å²) in [6, 6.07) is 0. The van der Waals surface area contributed by atoms with E-state index < -0.39 is 34.6 Å². The third-order valence-electron chi connectivity index (χ3n) is 3.66. The van der Waals surface area contributed by atoms with Crippen LogP contribution in [0.3, 0.4) is 0 Å². The predicted octanol–water partition coefficient (Wildman–Crippen LogP) is 0.704. The largest absolute Gasteiger partial charge is 0.476 e. The number of nitrogens with one attached hydrogen (secondary N) is 1. The fourth-order valence-electron chi connectivity index (χ4n) is 1.13. The van der Waals surface area contributed by atoms with Crippen molar-refractivity contribution in [3.63, 3.8) is 0 Å². The van der Waals surface area contributed by atoms with E-state index in [1.807, 2.05) is 0 Å². The van der Waals surface area contributed by atoms with Gasteiger partial charge in [-0.15, -0.1) is 24.0 Å². The number of rotatable bonds is 9. The number of hydrogen-bond donors (Lipinski definition) is 4. The molecule has 1 rings (SSSR count). The first-order valence-electron chi connectivity index (χ1n) is 8.87. The van der Waals surface area contributed by atoms with Crippen molar-refractivity contribution in [2.45, 2.75) is 52.7 Å². The zero-order valence-electron chi connectivity index (χ0n) is 19.1. The van der Waals surface area contributed by atoms with Crippen molar-refractivity contribution in [1.29, 1.82) is 5.41 Å². The minimum Gasteiger partial charge on any atom is -0.476 e. The average Bonchev–Trinajstić information content (AvgIpc) is 3.10. The zero-order valence-corrected chi connectivity index (χ0v) is 22.3. The number of Topliss-reactive ketones (excluding diaryl/α,β-unsaturated/α-hetero) is 2. The SMILES string of the molecule is CC(=O)C(C)(C)O/N=C(\C(=O)O)c1nsc(N)n1.CC(=O)C(C)(C)O/N=C(\OC=O)C(=N)N.I. The molecule has 0 radical (unpaired) electrons. The molecule has 1 heterocycles. The Morgan fingerprint density at radius 1 is 1.09 bits per heavy atom. The minimum absolute atomic E-state index is 0. The third kappa shape index (κ3) is 11.1. The molecule has 1 aromatic rings. The maximum Gasteiger partial charge on any atom is 0.362 e. The van der Waals surface area contributed by atoms with Crippen molar-refractivity contribution in [2.75, 3.05) is 5.73 Å². The number of aromatic nitrogens is 2. The zero-order chi connectivity index (χ0) is 26.0. The molecule has 0 saturated heterocycles. The molecule has 0 amide bonds. The predicted molar refractivity (Wildman–Crippen MR) is 132 cm³/mol. The molecule has 0 unspecified atom stereocenters. The summed E-state index contributed by atoms with van der Waals surface area (Å²) >= 11 is 0.840. The van der Waals surface area contributed by atoms with E-state index in [0.717, 1.165) is 11.5 Å². The Labute approximate surface area is 215 Å². The normalized spacial score (nSPS) is 11.7. The van der Waals surface area contributed by atoms with Crippen molar-refractivity contribution >= 4 is 82.1 Å². The lowest BCUT2D eigenvalue weighted by molar-refractivity contribution is -0.139. The van der Waals surface area contributed by atoms with Crippen molar-refractivity contribution in [1.82, 2.24) is 9.36 Å². The van der Waals surface area contributed by atoms with Gasteiger partial charge in [-0.3, -0.25) is 19.8 Å². The van der Waals surface area contributed by atoms with Crippen molar-refractivity contribution in [3.8, 4) is 0 Å². The first-order valence-corrected chi connectivity index (χ1v) is 9.64. The summed E-state index contributed by atoms with van der Waals surface area (Å²) in [6.45, 7) is 8.61. The Bertz CT molecular complexity index is 975. The Kier molecular flexibility index (Phi) is 13.7. The fourth-order valence-corrected chi connectivity index (χ4v) is 1.57. The van der Waals surface area contributed by atoms with E-state index in [-0.39, 0.29) is 53.0 Å². The molecule has 0 aliphatic heterocycles. The van der Waals surface area contributed by atoms with Gasteiger partial charge in [0, 0.05) is 11.5 Å². The second-order valence-corrected chi connectivity index (χ2v) is 7.82.